The number of hydrogen-bond donors (Lipinski definition) is 0. The summed E-state index contributed by atoms with van der Waals surface area (Å²) in [5.74, 6) is -0.0829. The number of nitrogens with zero attached hydrogens (tertiary/aromatic N) is 1. The largest absolute Gasteiger partial charge is 0.292 e. The molecular formula is C19H22FN. The second kappa shape index (κ2) is 5.98. The lowest BCUT2D eigenvalue weighted by molar-refractivity contribution is 0.182. The summed E-state index contributed by atoms with van der Waals surface area (Å²) in [6.07, 6.45) is 1.76. The molecule has 1 unspecified atom stereocenters. The van der Waals surface area contributed by atoms with E-state index < -0.39 is 0 Å². The minimum absolute atomic E-state index is 0.0829. The highest BCUT2D eigenvalue weighted by Crippen LogP contribution is 2.33. The first-order valence-corrected chi connectivity index (χ1v) is 7.82. The fourth-order valence-corrected chi connectivity index (χ4v) is 3.31. The van der Waals surface area contributed by atoms with Crippen molar-refractivity contribution in [2.24, 2.45) is 0 Å². The molecule has 1 atom stereocenters. The Balaban J connectivity index is 1.97. The van der Waals surface area contributed by atoms with Crippen LogP contribution in [0.15, 0.2) is 42.5 Å². The summed E-state index contributed by atoms with van der Waals surface area (Å²) >= 11 is 0. The van der Waals surface area contributed by atoms with E-state index in [0.717, 1.165) is 31.5 Å². The molecule has 0 spiro atoms. The van der Waals surface area contributed by atoms with Crippen LogP contribution in [0, 0.1) is 5.82 Å². The molecular weight excluding hydrogens is 261 g/mol. The van der Waals surface area contributed by atoms with E-state index >= 15 is 0 Å². The Kier molecular flexibility index (Phi) is 4.07. The van der Waals surface area contributed by atoms with Crippen molar-refractivity contribution in [3.63, 3.8) is 0 Å². The van der Waals surface area contributed by atoms with Gasteiger partial charge < -0.3 is 0 Å². The Bertz CT molecular complexity index is 635. The molecule has 110 valence electrons. The summed E-state index contributed by atoms with van der Waals surface area (Å²) in [5, 5.41) is 0. The van der Waals surface area contributed by atoms with Gasteiger partial charge in [0.1, 0.15) is 5.82 Å². The molecule has 1 nitrogen and oxygen atoms in total. The Hall–Kier alpha value is -1.67. The molecule has 2 aromatic carbocycles. The smallest absolute Gasteiger partial charge is 0.126 e. The third-order valence-electron chi connectivity index (χ3n) is 4.59. The normalized spacial score (nSPS) is 18.5. The molecule has 0 bridgehead atoms. The predicted molar refractivity (Wildman–Crippen MR) is 84.7 cm³/mol. The molecule has 0 saturated heterocycles. The van der Waals surface area contributed by atoms with Gasteiger partial charge in [-0.05, 0) is 47.7 Å². The minimum Gasteiger partial charge on any atom is -0.292 e. The second-order valence-corrected chi connectivity index (χ2v) is 5.76. The number of fused-ring (bicyclic) bond motifs is 1. The molecule has 0 radical (unpaired) electrons. The van der Waals surface area contributed by atoms with E-state index in [0.29, 0.717) is 6.04 Å². The Morgan fingerprint density at radius 1 is 1.10 bits per heavy atom. The Labute approximate surface area is 126 Å². The molecule has 3 rings (SSSR count). The zero-order valence-electron chi connectivity index (χ0n) is 12.8. The first kappa shape index (κ1) is 14.3. The van der Waals surface area contributed by atoms with E-state index in [-0.39, 0.29) is 5.82 Å². The SMILES string of the molecule is CCc1cc(C2Cc3ccccc3CN2CC)ccc1F. The predicted octanol–water partition coefficient (Wildman–Crippen LogP) is 4.51. The van der Waals surface area contributed by atoms with Gasteiger partial charge in [-0.1, -0.05) is 50.2 Å². The van der Waals surface area contributed by atoms with Crippen molar-refractivity contribution in [3.05, 3.63) is 70.5 Å². The number of rotatable bonds is 3. The van der Waals surface area contributed by atoms with Crippen molar-refractivity contribution in [2.75, 3.05) is 6.54 Å². The van der Waals surface area contributed by atoms with Gasteiger partial charge in [-0.15, -0.1) is 0 Å². The van der Waals surface area contributed by atoms with Crippen molar-refractivity contribution in [2.45, 2.75) is 39.3 Å². The van der Waals surface area contributed by atoms with Gasteiger partial charge in [0, 0.05) is 12.6 Å². The van der Waals surface area contributed by atoms with E-state index in [4.69, 9.17) is 0 Å². The maximum absolute atomic E-state index is 13.7. The maximum Gasteiger partial charge on any atom is 0.126 e. The Morgan fingerprint density at radius 2 is 1.86 bits per heavy atom. The minimum atomic E-state index is -0.0829. The molecule has 1 heterocycles. The molecule has 0 fully saturated rings. The molecule has 1 aliphatic rings. The van der Waals surface area contributed by atoms with Gasteiger partial charge in [0.25, 0.3) is 0 Å². The lowest BCUT2D eigenvalue weighted by atomic mass is 9.89. The van der Waals surface area contributed by atoms with Crippen LogP contribution in [0.3, 0.4) is 0 Å². The summed E-state index contributed by atoms with van der Waals surface area (Å²) < 4.78 is 13.7. The average Bonchev–Trinajstić information content (AvgIpc) is 2.54. The molecule has 2 heteroatoms. The summed E-state index contributed by atoms with van der Waals surface area (Å²) in [6.45, 7) is 6.20. The van der Waals surface area contributed by atoms with Crippen LogP contribution < -0.4 is 0 Å². The third-order valence-corrected chi connectivity index (χ3v) is 4.59. The highest BCUT2D eigenvalue weighted by molar-refractivity contribution is 5.35. The fraction of sp³-hybridized carbons (Fsp3) is 0.368. The third kappa shape index (κ3) is 2.73. The van der Waals surface area contributed by atoms with Crippen LogP contribution in [0.25, 0.3) is 0 Å². The van der Waals surface area contributed by atoms with Crippen LogP contribution in [0.4, 0.5) is 4.39 Å². The molecule has 0 amide bonds. The number of likely N-dealkylation sites (N-methyl/N-ethyl adjacent to an activating group) is 1. The van der Waals surface area contributed by atoms with Crippen molar-refractivity contribution in [3.8, 4) is 0 Å². The topological polar surface area (TPSA) is 3.24 Å². The number of aryl methyl sites for hydroxylation is 1. The van der Waals surface area contributed by atoms with Gasteiger partial charge in [-0.3, -0.25) is 4.90 Å². The average molecular weight is 283 g/mol. The number of halogens is 1. The molecule has 2 aromatic rings. The lowest BCUT2D eigenvalue weighted by Crippen LogP contribution is -2.34. The highest BCUT2D eigenvalue weighted by Gasteiger charge is 2.26. The summed E-state index contributed by atoms with van der Waals surface area (Å²) in [6, 6.07) is 14.7. The van der Waals surface area contributed by atoms with Crippen molar-refractivity contribution in [1.82, 2.24) is 4.90 Å². The summed E-state index contributed by atoms with van der Waals surface area (Å²) in [7, 11) is 0. The lowest BCUT2D eigenvalue weighted by Gasteiger charge is -2.36. The second-order valence-electron chi connectivity index (χ2n) is 5.76. The summed E-state index contributed by atoms with van der Waals surface area (Å²) in [4.78, 5) is 2.48. The van der Waals surface area contributed by atoms with Crippen LogP contribution in [0.1, 0.15) is 42.1 Å². The van der Waals surface area contributed by atoms with E-state index in [1.165, 1.54) is 16.7 Å². The van der Waals surface area contributed by atoms with Gasteiger partial charge in [-0.2, -0.15) is 0 Å². The van der Waals surface area contributed by atoms with Crippen LogP contribution in [-0.4, -0.2) is 11.4 Å². The Morgan fingerprint density at radius 3 is 2.57 bits per heavy atom. The van der Waals surface area contributed by atoms with Gasteiger partial charge in [0.15, 0.2) is 0 Å². The molecule has 0 N–H and O–H groups in total. The first-order chi connectivity index (χ1) is 10.2. The van der Waals surface area contributed by atoms with E-state index in [1.807, 2.05) is 13.0 Å². The van der Waals surface area contributed by atoms with Gasteiger partial charge in [0.2, 0.25) is 0 Å². The number of hydrogen-bond acceptors (Lipinski definition) is 1. The zero-order valence-corrected chi connectivity index (χ0v) is 12.8. The monoisotopic (exact) mass is 283 g/mol. The van der Waals surface area contributed by atoms with Crippen LogP contribution in [0.5, 0.6) is 0 Å². The van der Waals surface area contributed by atoms with Crippen molar-refractivity contribution < 1.29 is 4.39 Å². The van der Waals surface area contributed by atoms with Gasteiger partial charge in [-0.25, -0.2) is 4.39 Å². The van der Waals surface area contributed by atoms with Crippen molar-refractivity contribution in [1.29, 1.82) is 0 Å². The summed E-state index contributed by atoms with van der Waals surface area (Å²) in [5.41, 5.74) is 4.91. The van der Waals surface area contributed by atoms with E-state index in [2.05, 4.69) is 42.2 Å². The highest BCUT2D eigenvalue weighted by atomic mass is 19.1. The zero-order chi connectivity index (χ0) is 14.8. The number of benzene rings is 2. The quantitative estimate of drug-likeness (QED) is 0.801. The first-order valence-electron chi connectivity index (χ1n) is 7.82. The van der Waals surface area contributed by atoms with E-state index in [9.17, 15) is 4.39 Å². The van der Waals surface area contributed by atoms with Crippen molar-refractivity contribution >= 4 is 0 Å². The van der Waals surface area contributed by atoms with Crippen LogP contribution >= 0.6 is 0 Å². The molecule has 0 aromatic heterocycles. The molecule has 21 heavy (non-hydrogen) atoms. The van der Waals surface area contributed by atoms with Crippen LogP contribution in [-0.2, 0) is 19.4 Å². The maximum atomic E-state index is 13.7. The standard InChI is InChI=1S/C19H22FN/c1-3-14-11-16(9-10-18(14)20)19-12-15-7-5-6-8-17(15)13-21(19)4-2/h5-11,19H,3-4,12-13H2,1-2H3. The fourth-order valence-electron chi connectivity index (χ4n) is 3.31. The van der Waals surface area contributed by atoms with Crippen LogP contribution in [0.2, 0.25) is 0 Å². The molecule has 0 aliphatic carbocycles. The van der Waals surface area contributed by atoms with Gasteiger partial charge in [0.05, 0.1) is 0 Å². The van der Waals surface area contributed by atoms with Gasteiger partial charge >= 0.3 is 0 Å². The molecule has 1 aliphatic heterocycles. The molecule has 0 saturated carbocycles. The van der Waals surface area contributed by atoms with E-state index in [1.54, 1.807) is 6.07 Å².